The van der Waals surface area contributed by atoms with Crippen LogP contribution in [0.1, 0.15) is 85.0 Å². The molecule has 4 rings (SSSR count). The van der Waals surface area contributed by atoms with E-state index < -0.39 is 8.24 Å². The quantitative estimate of drug-likeness (QED) is 0.269. The van der Waals surface area contributed by atoms with Crippen LogP contribution in [0.4, 0.5) is 0 Å². The Bertz CT molecular complexity index is 568. The molecule has 0 spiro atoms. The second-order valence-electron chi connectivity index (χ2n) is 11.5. The number of rotatable bonds is 5. The van der Waals surface area contributed by atoms with E-state index in [-0.39, 0.29) is 29.1 Å². The molecule has 0 aromatic heterocycles. The van der Waals surface area contributed by atoms with Crippen molar-refractivity contribution < 1.29 is 21.7 Å². The topological polar surface area (TPSA) is 14.1 Å². The number of fused-ring (bicyclic) bond motifs is 2. The zero-order valence-electron chi connectivity index (χ0n) is 22.2. The zero-order chi connectivity index (χ0) is 21.7. The van der Waals surface area contributed by atoms with Crippen LogP contribution in [0, 0.1) is 49.4 Å². The standard InChI is InChI=1S/C22H40NSi.C6H9.CH3.Ti/c1-15-16(2)22(24(3,4)23-19-11-6-5-7-12-19)21-14-18-10-8-9-17(18)13-20(15)21;1-3-5-6-4-2;;/h15-22H,5-14H2,1-4H3;3-6H,1H2,2H3;1H3;/q3*-1;+3/b;6-4+;;. The first-order valence-electron chi connectivity index (χ1n) is 13.2. The second-order valence-corrected chi connectivity index (χ2v) is 15.8. The third-order valence-corrected chi connectivity index (χ3v) is 13.0. The minimum atomic E-state index is -1.49. The van der Waals surface area contributed by atoms with E-state index >= 15 is 0 Å². The van der Waals surface area contributed by atoms with Gasteiger partial charge >= 0.3 is 21.7 Å². The van der Waals surface area contributed by atoms with Crippen molar-refractivity contribution in [2.24, 2.45) is 35.5 Å². The van der Waals surface area contributed by atoms with Crippen molar-refractivity contribution in [1.29, 1.82) is 0 Å². The Morgan fingerprint density at radius 2 is 1.47 bits per heavy atom. The summed E-state index contributed by atoms with van der Waals surface area (Å²) in [5.74, 6) is 6.13. The van der Waals surface area contributed by atoms with Crippen molar-refractivity contribution in [2.75, 3.05) is 0 Å². The van der Waals surface area contributed by atoms with E-state index in [0.717, 1.165) is 47.1 Å². The normalized spacial score (nSPS) is 36.7. The van der Waals surface area contributed by atoms with Gasteiger partial charge in [0.05, 0.1) is 0 Å². The summed E-state index contributed by atoms with van der Waals surface area (Å²) in [5.41, 5.74) is 0.973. The second kappa shape index (κ2) is 14.0. The van der Waals surface area contributed by atoms with E-state index in [0.29, 0.717) is 0 Å². The van der Waals surface area contributed by atoms with Gasteiger partial charge in [-0.05, 0) is 48.3 Å². The van der Waals surface area contributed by atoms with Crippen molar-refractivity contribution in [2.45, 2.75) is 110 Å². The van der Waals surface area contributed by atoms with Gasteiger partial charge in [-0.3, -0.25) is 0 Å². The third-order valence-electron chi connectivity index (χ3n) is 9.39. The molecule has 0 aromatic rings. The first-order valence-corrected chi connectivity index (χ1v) is 16.2. The maximum atomic E-state index is 5.65. The third kappa shape index (κ3) is 7.13. The monoisotopic (exact) mass is 490 g/mol. The molecule has 4 aliphatic rings. The van der Waals surface area contributed by atoms with Gasteiger partial charge < -0.3 is 12.4 Å². The first kappa shape index (κ1) is 30.3. The Balaban J connectivity index is 0.000000571. The molecule has 0 saturated heterocycles. The van der Waals surface area contributed by atoms with Gasteiger partial charge in [-0.15, -0.1) is 6.04 Å². The van der Waals surface area contributed by atoms with Crippen molar-refractivity contribution in [1.82, 2.24) is 0 Å². The Hall–Kier alpha value is 0.241. The summed E-state index contributed by atoms with van der Waals surface area (Å²) in [6.45, 7) is 15.9. The largest absolute Gasteiger partial charge is 3.00 e. The summed E-state index contributed by atoms with van der Waals surface area (Å²) in [6, 6.07) is 0.727. The molecule has 1 radical (unpaired) electrons. The molecule has 0 bridgehead atoms. The average molecular weight is 491 g/mol. The van der Waals surface area contributed by atoms with E-state index in [1.54, 1.807) is 31.8 Å². The molecule has 4 saturated carbocycles. The van der Waals surface area contributed by atoms with E-state index in [4.69, 9.17) is 4.98 Å². The number of hydrogen-bond donors (Lipinski definition) is 0. The van der Waals surface area contributed by atoms with Gasteiger partial charge in [0.25, 0.3) is 0 Å². The maximum Gasteiger partial charge on any atom is 3.00 e. The molecule has 0 aliphatic heterocycles. The van der Waals surface area contributed by atoms with Gasteiger partial charge in [-0.1, -0.05) is 99.0 Å². The van der Waals surface area contributed by atoms with Crippen LogP contribution in [0.3, 0.4) is 0 Å². The fourth-order valence-corrected chi connectivity index (χ4v) is 12.4. The summed E-state index contributed by atoms with van der Waals surface area (Å²) in [4.78, 5) is 5.65. The molecular formula is C29H52NSiTi. The molecule has 181 valence electrons. The first-order chi connectivity index (χ1) is 14.4. The van der Waals surface area contributed by atoms with Crippen LogP contribution >= 0.6 is 0 Å². The molecule has 0 heterocycles. The fraction of sp³-hybridized carbons (Fsp3) is 0.793. The molecule has 4 aliphatic carbocycles. The van der Waals surface area contributed by atoms with Gasteiger partial charge in [0.2, 0.25) is 0 Å². The molecule has 0 amide bonds. The summed E-state index contributed by atoms with van der Waals surface area (Å²) in [5, 5.41) is 0. The van der Waals surface area contributed by atoms with E-state index in [2.05, 4.69) is 33.5 Å². The van der Waals surface area contributed by atoms with E-state index in [9.17, 15) is 0 Å². The predicted octanol–water partition coefficient (Wildman–Crippen LogP) is 9.40. The summed E-state index contributed by atoms with van der Waals surface area (Å²) in [6.07, 6.45) is 22.4. The SMILES string of the molecule is C=C[CH-]/C=C/C.CC1C(C)C([Si](C)(C)[N-]C2CCCCC2)C2CC3CCCC3CC12.[CH3-].[Ti+3]. The molecule has 1 nitrogen and oxygen atoms in total. The Morgan fingerprint density at radius 3 is 2.00 bits per heavy atom. The molecular weight excluding hydrogens is 438 g/mol. The van der Waals surface area contributed by atoms with Crippen LogP contribution < -0.4 is 0 Å². The fourth-order valence-electron chi connectivity index (χ4n) is 8.03. The van der Waals surface area contributed by atoms with Gasteiger partial charge in [0, 0.05) is 0 Å². The smallest absolute Gasteiger partial charge is 0.662 e. The van der Waals surface area contributed by atoms with Crippen molar-refractivity contribution in [3.8, 4) is 0 Å². The number of hydrogen-bond acceptors (Lipinski definition) is 0. The van der Waals surface area contributed by atoms with Gasteiger partial charge in [0.15, 0.2) is 0 Å². The number of nitrogens with zero attached hydrogens (tertiary/aromatic N) is 1. The predicted molar refractivity (Wildman–Crippen MR) is 143 cm³/mol. The molecule has 0 aromatic carbocycles. The Labute approximate surface area is 218 Å². The summed E-state index contributed by atoms with van der Waals surface area (Å²) >= 11 is 0. The van der Waals surface area contributed by atoms with Crippen molar-refractivity contribution in [3.63, 3.8) is 0 Å². The van der Waals surface area contributed by atoms with Gasteiger partial charge in [-0.25, -0.2) is 0 Å². The van der Waals surface area contributed by atoms with Gasteiger partial charge in [0.1, 0.15) is 0 Å². The van der Waals surface area contributed by atoms with Crippen LogP contribution in [0.5, 0.6) is 0 Å². The summed E-state index contributed by atoms with van der Waals surface area (Å²) in [7, 11) is -1.49. The van der Waals surface area contributed by atoms with Gasteiger partial charge in [-0.2, -0.15) is 31.2 Å². The average Bonchev–Trinajstić information content (AvgIpc) is 3.28. The molecule has 7 unspecified atom stereocenters. The minimum Gasteiger partial charge on any atom is -0.662 e. The van der Waals surface area contributed by atoms with Crippen molar-refractivity contribution in [3.05, 3.63) is 43.6 Å². The van der Waals surface area contributed by atoms with Crippen LogP contribution in [-0.4, -0.2) is 14.3 Å². The Kier molecular flexibility index (Phi) is 13.2. The molecule has 3 heteroatoms. The minimum absolute atomic E-state index is 0. The molecule has 7 atom stereocenters. The molecule has 0 N–H and O–H groups in total. The maximum absolute atomic E-state index is 5.65. The van der Waals surface area contributed by atoms with E-state index in [1.807, 2.05) is 25.5 Å². The van der Waals surface area contributed by atoms with Crippen LogP contribution in [-0.2, 0) is 21.7 Å². The van der Waals surface area contributed by atoms with Crippen LogP contribution in [0.2, 0.25) is 18.6 Å². The van der Waals surface area contributed by atoms with Crippen LogP contribution in [0.25, 0.3) is 4.98 Å². The zero-order valence-corrected chi connectivity index (χ0v) is 24.7. The van der Waals surface area contributed by atoms with Crippen molar-refractivity contribution >= 4 is 8.24 Å². The summed E-state index contributed by atoms with van der Waals surface area (Å²) < 4.78 is 0. The molecule has 32 heavy (non-hydrogen) atoms. The molecule has 4 fully saturated rings. The van der Waals surface area contributed by atoms with Crippen LogP contribution in [0.15, 0.2) is 24.8 Å². The number of allylic oxidation sites excluding steroid dienone is 3. The van der Waals surface area contributed by atoms with E-state index in [1.165, 1.54) is 38.5 Å². The Morgan fingerprint density at radius 1 is 0.875 bits per heavy atom.